The van der Waals surface area contributed by atoms with Gasteiger partial charge in [0.25, 0.3) is 0 Å². The van der Waals surface area contributed by atoms with Crippen molar-refractivity contribution in [1.29, 1.82) is 5.26 Å². The summed E-state index contributed by atoms with van der Waals surface area (Å²) in [4.78, 5) is 17.8. The smallest absolute Gasteiger partial charge is 0.234 e. The SMILES string of the molecule is COc1ccc(-n2cc(-c3ccccc3)c3c(N4CCN(c5ocnc5C#N)CC4)ncnc32)cc1. The van der Waals surface area contributed by atoms with E-state index in [4.69, 9.17) is 19.1 Å². The average molecular weight is 478 g/mol. The molecule has 0 bridgehead atoms. The zero-order chi connectivity index (χ0) is 24.5. The molecule has 1 aliphatic rings. The molecule has 0 N–H and O–H groups in total. The van der Waals surface area contributed by atoms with Gasteiger partial charge in [-0.2, -0.15) is 5.26 Å². The Balaban J connectivity index is 1.42. The third kappa shape index (κ3) is 3.69. The largest absolute Gasteiger partial charge is 0.497 e. The van der Waals surface area contributed by atoms with E-state index in [2.05, 4.69) is 43.7 Å². The number of ether oxygens (including phenoxy) is 1. The topological polar surface area (TPSA) is 96.2 Å². The van der Waals surface area contributed by atoms with Crippen LogP contribution in [0.3, 0.4) is 0 Å². The second kappa shape index (κ2) is 9.07. The molecule has 2 aromatic carbocycles. The summed E-state index contributed by atoms with van der Waals surface area (Å²) in [5.74, 6) is 2.22. The number of methoxy groups -OCH3 is 1. The summed E-state index contributed by atoms with van der Waals surface area (Å²) in [6, 6.07) is 20.4. The number of oxazole rings is 1. The molecular formula is C27H23N7O2. The fourth-order valence-corrected chi connectivity index (χ4v) is 4.72. The Kier molecular flexibility index (Phi) is 5.46. The van der Waals surface area contributed by atoms with Gasteiger partial charge in [0.2, 0.25) is 11.6 Å². The van der Waals surface area contributed by atoms with Gasteiger partial charge in [0, 0.05) is 43.6 Å². The van der Waals surface area contributed by atoms with Gasteiger partial charge in [0.05, 0.1) is 12.5 Å². The highest BCUT2D eigenvalue weighted by atomic mass is 16.5. The van der Waals surface area contributed by atoms with Gasteiger partial charge in [-0.05, 0) is 29.8 Å². The van der Waals surface area contributed by atoms with E-state index in [-0.39, 0.29) is 0 Å². The quantitative estimate of drug-likeness (QED) is 0.370. The number of rotatable bonds is 5. The number of anilines is 2. The van der Waals surface area contributed by atoms with Crippen LogP contribution in [0.5, 0.6) is 5.75 Å². The van der Waals surface area contributed by atoms with Crippen LogP contribution in [0.25, 0.3) is 27.8 Å². The minimum absolute atomic E-state index is 0.316. The lowest BCUT2D eigenvalue weighted by Crippen LogP contribution is -2.47. The van der Waals surface area contributed by atoms with Crippen LogP contribution in [0.15, 0.2) is 77.9 Å². The monoisotopic (exact) mass is 477 g/mol. The number of nitriles is 1. The van der Waals surface area contributed by atoms with E-state index in [9.17, 15) is 5.26 Å². The van der Waals surface area contributed by atoms with Crippen molar-refractivity contribution in [3.8, 4) is 28.6 Å². The lowest BCUT2D eigenvalue weighted by Gasteiger charge is -2.35. The van der Waals surface area contributed by atoms with Gasteiger partial charge in [-0.1, -0.05) is 30.3 Å². The van der Waals surface area contributed by atoms with E-state index in [1.807, 2.05) is 42.5 Å². The highest BCUT2D eigenvalue weighted by Gasteiger charge is 2.26. The molecule has 36 heavy (non-hydrogen) atoms. The molecule has 5 aromatic rings. The van der Waals surface area contributed by atoms with Gasteiger partial charge in [0.15, 0.2) is 12.0 Å². The van der Waals surface area contributed by atoms with Crippen LogP contribution in [0.2, 0.25) is 0 Å². The average Bonchev–Trinajstić information content (AvgIpc) is 3.59. The van der Waals surface area contributed by atoms with Gasteiger partial charge in [-0.15, -0.1) is 0 Å². The minimum Gasteiger partial charge on any atom is -0.497 e. The summed E-state index contributed by atoms with van der Waals surface area (Å²) in [6.07, 6.45) is 5.08. The number of hydrogen-bond donors (Lipinski definition) is 0. The molecule has 9 heteroatoms. The molecule has 0 amide bonds. The van der Waals surface area contributed by atoms with Gasteiger partial charge in [-0.3, -0.25) is 0 Å². The summed E-state index contributed by atoms with van der Waals surface area (Å²) < 4.78 is 12.9. The zero-order valence-corrected chi connectivity index (χ0v) is 19.7. The third-order valence-electron chi connectivity index (χ3n) is 6.52. The van der Waals surface area contributed by atoms with Crippen LogP contribution in [0, 0.1) is 11.3 Å². The first kappa shape index (κ1) is 21.7. The second-order valence-corrected chi connectivity index (χ2v) is 8.46. The van der Waals surface area contributed by atoms with Gasteiger partial charge < -0.3 is 23.5 Å². The minimum atomic E-state index is 0.316. The van der Waals surface area contributed by atoms with Crippen molar-refractivity contribution in [3.05, 3.63) is 79.2 Å². The lowest BCUT2D eigenvalue weighted by atomic mass is 10.1. The predicted molar refractivity (Wildman–Crippen MR) is 136 cm³/mol. The standard InChI is InChI=1S/C27H23N7O2/c1-35-21-9-7-20(8-10-21)34-16-22(19-5-3-2-4-6-19)24-25(29-17-30-26(24)34)32-11-13-33(14-12-32)27-23(15-28)31-18-36-27/h2-10,16-18H,11-14H2,1H3. The first-order valence-corrected chi connectivity index (χ1v) is 11.7. The molecule has 6 rings (SSSR count). The third-order valence-corrected chi connectivity index (χ3v) is 6.52. The number of piperazine rings is 1. The van der Waals surface area contributed by atoms with Crippen molar-refractivity contribution in [1.82, 2.24) is 19.5 Å². The van der Waals surface area contributed by atoms with Crippen LogP contribution in [0.1, 0.15) is 5.69 Å². The number of fused-ring (bicyclic) bond motifs is 1. The van der Waals surface area contributed by atoms with Crippen molar-refractivity contribution in [2.24, 2.45) is 0 Å². The van der Waals surface area contributed by atoms with E-state index < -0.39 is 0 Å². The molecule has 0 saturated carbocycles. The fraction of sp³-hybridized carbons (Fsp3) is 0.185. The maximum atomic E-state index is 9.31. The Morgan fingerprint density at radius 2 is 1.67 bits per heavy atom. The van der Waals surface area contributed by atoms with Crippen molar-refractivity contribution >= 4 is 22.7 Å². The molecule has 0 aliphatic carbocycles. The molecule has 9 nitrogen and oxygen atoms in total. The Bertz CT molecular complexity index is 1540. The summed E-state index contributed by atoms with van der Waals surface area (Å²) in [6.45, 7) is 2.82. The first-order valence-electron chi connectivity index (χ1n) is 11.7. The normalized spacial score (nSPS) is 13.7. The molecule has 0 radical (unpaired) electrons. The number of hydrogen-bond acceptors (Lipinski definition) is 8. The molecule has 4 heterocycles. The Hall–Kier alpha value is -4.84. The highest BCUT2D eigenvalue weighted by molar-refractivity contribution is 6.02. The summed E-state index contributed by atoms with van der Waals surface area (Å²) in [5, 5.41) is 10.3. The van der Waals surface area contributed by atoms with E-state index in [0.717, 1.165) is 52.5 Å². The van der Waals surface area contributed by atoms with E-state index in [1.165, 1.54) is 6.39 Å². The lowest BCUT2D eigenvalue weighted by molar-refractivity contribution is 0.415. The Morgan fingerprint density at radius 1 is 0.917 bits per heavy atom. The second-order valence-electron chi connectivity index (χ2n) is 8.46. The van der Waals surface area contributed by atoms with Crippen LogP contribution >= 0.6 is 0 Å². The van der Waals surface area contributed by atoms with Crippen LogP contribution in [-0.2, 0) is 0 Å². The maximum absolute atomic E-state index is 9.31. The van der Waals surface area contributed by atoms with Crippen molar-refractivity contribution < 1.29 is 9.15 Å². The molecule has 178 valence electrons. The number of benzene rings is 2. The van der Waals surface area contributed by atoms with Crippen molar-refractivity contribution in [2.45, 2.75) is 0 Å². The van der Waals surface area contributed by atoms with Crippen LogP contribution < -0.4 is 14.5 Å². The van der Waals surface area contributed by atoms with Crippen molar-refractivity contribution in [3.63, 3.8) is 0 Å². The van der Waals surface area contributed by atoms with Gasteiger partial charge in [-0.25, -0.2) is 15.0 Å². The molecule has 0 spiro atoms. The summed E-state index contributed by atoms with van der Waals surface area (Å²) >= 11 is 0. The van der Waals surface area contributed by atoms with E-state index in [1.54, 1.807) is 13.4 Å². The first-order chi connectivity index (χ1) is 17.8. The maximum Gasteiger partial charge on any atom is 0.234 e. The zero-order valence-electron chi connectivity index (χ0n) is 19.7. The molecular weight excluding hydrogens is 454 g/mol. The number of nitrogens with zero attached hydrogens (tertiary/aromatic N) is 7. The molecule has 3 aromatic heterocycles. The highest BCUT2D eigenvalue weighted by Crippen LogP contribution is 2.37. The molecule has 0 unspecified atom stereocenters. The van der Waals surface area contributed by atoms with Crippen LogP contribution in [0.4, 0.5) is 11.7 Å². The summed E-state index contributed by atoms with van der Waals surface area (Å²) in [5.41, 5.74) is 4.32. The predicted octanol–water partition coefficient (Wildman–Crippen LogP) is 4.28. The molecule has 1 saturated heterocycles. The Morgan fingerprint density at radius 3 is 2.39 bits per heavy atom. The molecule has 1 aliphatic heterocycles. The Labute approximate surface area is 207 Å². The van der Waals surface area contributed by atoms with Gasteiger partial charge in [0.1, 0.15) is 24.0 Å². The summed E-state index contributed by atoms with van der Waals surface area (Å²) in [7, 11) is 1.66. The van der Waals surface area contributed by atoms with Crippen molar-refractivity contribution in [2.75, 3.05) is 43.1 Å². The molecule has 1 fully saturated rings. The molecule has 0 atom stereocenters. The van der Waals surface area contributed by atoms with E-state index in [0.29, 0.717) is 24.7 Å². The fourth-order valence-electron chi connectivity index (χ4n) is 4.72. The number of aromatic nitrogens is 4. The van der Waals surface area contributed by atoms with Crippen LogP contribution in [-0.4, -0.2) is 52.8 Å². The van der Waals surface area contributed by atoms with E-state index >= 15 is 0 Å². The van der Waals surface area contributed by atoms with Gasteiger partial charge >= 0.3 is 0 Å².